The summed E-state index contributed by atoms with van der Waals surface area (Å²) in [4.78, 5) is 2.68. The molecule has 0 aromatic carbocycles. The van der Waals surface area contributed by atoms with Crippen molar-refractivity contribution in [3.63, 3.8) is 0 Å². The predicted octanol–water partition coefficient (Wildman–Crippen LogP) is 2.68. The molecule has 3 heteroatoms. The number of hydrogen-bond donors (Lipinski definition) is 1. The molecule has 1 aromatic rings. The van der Waals surface area contributed by atoms with E-state index in [0.29, 0.717) is 24.2 Å². The summed E-state index contributed by atoms with van der Waals surface area (Å²) in [7, 11) is 0. The molecule has 0 aliphatic carbocycles. The molecule has 0 saturated carbocycles. The van der Waals surface area contributed by atoms with Crippen molar-refractivity contribution in [1.82, 2.24) is 4.90 Å². The molecular formula is C14H22N2O. The van der Waals surface area contributed by atoms with Crippen LogP contribution in [-0.2, 0) is 0 Å². The van der Waals surface area contributed by atoms with Crippen LogP contribution < -0.4 is 5.73 Å². The number of hydrogen-bond acceptors (Lipinski definition) is 3. The Bertz CT molecular complexity index is 348. The maximum atomic E-state index is 6.13. The number of nitrogens with zero attached hydrogens (tertiary/aromatic N) is 1. The highest BCUT2D eigenvalue weighted by molar-refractivity contribution is 5.09. The van der Waals surface area contributed by atoms with E-state index in [2.05, 4.69) is 17.9 Å². The van der Waals surface area contributed by atoms with Gasteiger partial charge in [0.25, 0.3) is 0 Å². The summed E-state index contributed by atoms with van der Waals surface area (Å²) < 4.78 is 5.62. The fourth-order valence-electron chi connectivity index (χ4n) is 3.80. The standard InChI is InChI=1S/C14H22N2O/c1-2-13(14-4-3-7-17-14)16-11-5-6-12(16)9-10(15)8-11/h3-4,7,10-13H,2,5-6,8-9,15H2,1H3. The van der Waals surface area contributed by atoms with Crippen LogP contribution in [-0.4, -0.2) is 23.0 Å². The van der Waals surface area contributed by atoms with Gasteiger partial charge in [-0.1, -0.05) is 6.92 Å². The lowest BCUT2D eigenvalue weighted by atomic mass is 9.94. The van der Waals surface area contributed by atoms with Gasteiger partial charge in [-0.15, -0.1) is 0 Å². The lowest BCUT2D eigenvalue weighted by molar-refractivity contribution is 0.0636. The van der Waals surface area contributed by atoms with Gasteiger partial charge in [-0.05, 0) is 44.2 Å². The van der Waals surface area contributed by atoms with Crippen LogP contribution in [0.25, 0.3) is 0 Å². The van der Waals surface area contributed by atoms with Crippen molar-refractivity contribution in [2.24, 2.45) is 5.73 Å². The average molecular weight is 234 g/mol. The zero-order valence-corrected chi connectivity index (χ0v) is 10.5. The summed E-state index contributed by atoms with van der Waals surface area (Å²) in [5.41, 5.74) is 6.13. The Labute approximate surface area is 103 Å². The first kappa shape index (κ1) is 11.3. The second-order valence-corrected chi connectivity index (χ2v) is 5.50. The van der Waals surface area contributed by atoms with Crippen molar-refractivity contribution in [3.05, 3.63) is 24.2 Å². The molecule has 0 spiro atoms. The van der Waals surface area contributed by atoms with Gasteiger partial charge in [0, 0.05) is 18.1 Å². The molecule has 2 saturated heterocycles. The second kappa shape index (κ2) is 4.46. The molecule has 0 amide bonds. The van der Waals surface area contributed by atoms with Crippen LogP contribution in [0.5, 0.6) is 0 Å². The van der Waals surface area contributed by atoms with Gasteiger partial charge in [0.15, 0.2) is 0 Å². The van der Waals surface area contributed by atoms with Crippen LogP contribution >= 0.6 is 0 Å². The summed E-state index contributed by atoms with van der Waals surface area (Å²) >= 11 is 0. The fraction of sp³-hybridized carbons (Fsp3) is 0.714. The molecule has 2 N–H and O–H groups in total. The molecule has 3 rings (SSSR count). The zero-order chi connectivity index (χ0) is 11.8. The summed E-state index contributed by atoms with van der Waals surface area (Å²) in [5, 5.41) is 0. The minimum Gasteiger partial charge on any atom is -0.468 e. The predicted molar refractivity (Wildman–Crippen MR) is 67.6 cm³/mol. The average Bonchev–Trinajstić information content (AvgIpc) is 2.90. The van der Waals surface area contributed by atoms with E-state index in [9.17, 15) is 0 Å². The van der Waals surface area contributed by atoms with Crippen LogP contribution in [0.1, 0.15) is 50.8 Å². The van der Waals surface area contributed by atoms with E-state index in [0.717, 1.165) is 25.0 Å². The molecule has 94 valence electrons. The fourth-order valence-corrected chi connectivity index (χ4v) is 3.80. The van der Waals surface area contributed by atoms with Crippen molar-refractivity contribution in [2.75, 3.05) is 0 Å². The summed E-state index contributed by atoms with van der Waals surface area (Å²) in [6, 6.07) is 6.34. The van der Waals surface area contributed by atoms with Crippen LogP contribution in [0.3, 0.4) is 0 Å². The summed E-state index contributed by atoms with van der Waals surface area (Å²) in [6.45, 7) is 2.25. The van der Waals surface area contributed by atoms with E-state index in [1.54, 1.807) is 6.26 Å². The molecule has 3 unspecified atom stereocenters. The Morgan fingerprint density at radius 1 is 1.41 bits per heavy atom. The molecule has 0 radical (unpaired) electrons. The molecule has 2 fully saturated rings. The number of furan rings is 1. The van der Waals surface area contributed by atoms with Crippen molar-refractivity contribution in [2.45, 2.75) is 63.2 Å². The highest BCUT2D eigenvalue weighted by Gasteiger charge is 2.43. The maximum absolute atomic E-state index is 6.13. The minimum absolute atomic E-state index is 0.415. The van der Waals surface area contributed by atoms with Gasteiger partial charge in [-0.2, -0.15) is 0 Å². The molecular weight excluding hydrogens is 212 g/mol. The Morgan fingerprint density at radius 2 is 2.12 bits per heavy atom. The van der Waals surface area contributed by atoms with E-state index in [-0.39, 0.29) is 0 Å². The van der Waals surface area contributed by atoms with E-state index >= 15 is 0 Å². The number of nitrogens with two attached hydrogens (primary N) is 1. The van der Waals surface area contributed by atoms with E-state index in [1.807, 2.05) is 6.07 Å². The van der Waals surface area contributed by atoms with Gasteiger partial charge < -0.3 is 10.2 Å². The molecule has 17 heavy (non-hydrogen) atoms. The summed E-state index contributed by atoms with van der Waals surface area (Å²) in [6.07, 6.45) is 7.86. The number of piperidine rings is 1. The molecule has 3 atom stereocenters. The van der Waals surface area contributed by atoms with Crippen LogP contribution in [0, 0.1) is 0 Å². The Hall–Kier alpha value is -0.800. The molecule has 3 nitrogen and oxygen atoms in total. The largest absolute Gasteiger partial charge is 0.468 e. The Kier molecular flexibility index (Phi) is 2.97. The van der Waals surface area contributed by atoms with E-state index in [4.69, 9.17) is 10.2 Å². The number of fused-ring (bicyclic) bond motifs is 2. The summed E-state index contributed by atoms with van der Waals surface area (Å²) in [5.74, 6) is 1.12. The van der Waals surface area contributed by atoms with Crippen molar-refractivity contribution in [1.29, 1.82) is 0 Å². The minimum atomic E-state index is 0.415. The normalized spacial score (nSPS) is 35.1. The highest BCUT2D eigenvalue weighted by atomic mass is 16.3. The van der Waals surface area contributed by atoms with E-state index in [1.165, 1.54) is 12.8 Å². The quantitative estimate of drug-likeness (QED) is 0.874. The monoisotopic (exact) mass is 234 g/mol. The molecule has 2 bridgehead atoms. The first-order chi connectivity index (χ1) is 8.29. The third kappa shape index (κ3) is 1.91. The van der Waals surface area contributed by atoms with Crippen molar-refractivity contribution in [3.8, 4) is 0 Å². The molecule has 1 aromatic heterocycles. The topological polar surface area (TPSA) is 42.4 Å². The molecule has 3 heterocycles. The van der Waals surface area contributed by atoms with Gasteiger partial charge >= 0.3 is 0 Å². The lowest BCUT2D eigenvalue weighted by Crippen LogP contribution is -2.48. The van der Waals surface area contributed by atoms with E-state index < -0.39 is 0 Å². The van der Waals surface area contributed by atoms with Crippen LogP contribution in [0.4, 0.5) is 0 Å². The lowest BCUT2D eigenvalue weighted by Gasteiger charge is -2.41. The van der Waals surface area contributed by atoms with Gasteiger partial charge in [-0.25, -0.2) is 0 Å². The Morgan fingerprint density at radius 3 is 2.65 bits per heavy atom. The van der Waals surface area contributed by atoms with Gasteiger partial charge in [-0.3, -0.25) is 4.90 Å². The SMILES string of the molecule is CCC(c1ccco1)N1C2CCC1CC(N)C2. The maximum Gasteiger partial charge on any atom is 0.120 e. The second-order valence-electron chi connectivity index (χ2n) is 5.50. The zero-order valence-electron chi connectivity index (χ0n) is 10.5. The number of rotatable bonds is 3. The molecule has 2 aliphatic rings. The highest BCUT2D eigenvalue weighted by Crippen LogP contribution is 2.42. The van der Waals surface area contributed by atoms with Crippen LogP contribution in [0.15, 0.2) is 22.8 Å². The molecule has 2 aliphatic heterocycles. The van der Waals surface area contributed by atoms with Gasteiger partial charge in [0.1, 0.15) is 5.76 Å². The Balaban J connectivity index is 1.84. The first-order valence-corrected chi connectivity index (χ1v) is 6.86. The van der Waals surface area contributed by atoms with Gasteiger partial charge in [0.2, 0.25) is 0 Å². The van der Waals surface area contributed by atoms with Crippen molar-refractivity contribution < 1.29 is 4.42 Å². The first-order valence-electron chi connectivity index (χ1n) is 6.86. The van der Waals surface area contributed by atoms with Crippen LogP contribution in [0.2, 0.25) is 0 Å². The van der Waals surface area contributed by atoms with Crippen molar-refractivity contribution >= 4 is 0 Å². The van der Waals surface area contributed by atoms with Gasteiger partial charge in [0.05, 0.1) is 12.3 Å². The smallest absolute Gasteiger partial charge is 0.120 e. The third-order valence-corrected chi connectivity index (χ3v) is 4.44. The third-order valence-electron chi connectivity index (χ3n) is 4.44.